The van der Waals surface area contributed by atoms with E-state index in [1.54, 1.807) is 0 Å². The van der Waals surface area contributed by atoms with Gasteiger partial charge in [0.05, 0.1) is 6.54 Å². The Labute approximate surface area is 191 Å². The van der Waals surface area contributed by atoms with Crippen molar-refractivity contribution in [2.24, 2.45) is 0 Å². The molecule has 33 heavy (non-hydrogen) atoms. The minimum absolute atomic E-state index is 0.136. The molecule has 7 nitrogen and oxygen atoms in total. The Kier molecular flexibility index (Phi) is 5.93. The van der Waals surface area contributed by atoms with E-state index in [0.29, 0.717) is 31.3 Å². The van der Waals surface area contributed by atoms with Crippen molar-refractivity contribution in [2.45, 2.75) is 25.3 Å². The van der Waals surface area contributed by atoms with Crippen LogP contribution < -0.4 is 10.3 Å². The van der Waals surface area contributed by atoms with Crippen LogP contribution in [0.2, 0.25) is 0 Å². The van der Waals surface area contributed by atoms with Gasteiger partial charge in [0, 0.05) is 36.3 Å². The lowest BCUT2D eigenvalue weighted by Crippen LogP contribution is -2.39. The number of nitrogens with one attached hydrogen (secondary N) is 1. The number of nitrogens with zero attached hydrogens (tertiary/aromatic N) is 3. The summed E-state index contributed by atoms with van der Waals surface area (Å²) in [4.78, 5) is 30.6. The Morgan fingerprint density at radius 1 is 1.00 bits per heavy atom. The van der Waals surface area contributed by atoms with E-state index in [2.05, 4.69) is 28.3 Å². The number of carbonyl (C=O) groups excluding carboxylic acids is 1. The third-order valence-corrected chi connectivity index (χ3v) is 6.17. The summed E-state index contributed by atoms with van der Waals surface area (Å²) in [6.45, 7) is 1.90. The number of fused-ring (bicyclic) bond motifs is 1. The number of piperidine rings is 1. The van der Waals surface area contributed by atoms with E-state index in [-0.39, 0.29) is 18.0 Å². The molecule has 168 valence electrons. The van der Waals surface area contributed by atoms with Crippen LogP contribution in [-0.4, -0.2) is 45.3 Å². The van der Waals surface area contributed by atoms with Crippen LogP contribution >= 0.6 is 0 Å². The number of aromatic nitrogens is 3. The largest absolute Gasteiger partial charge is 0.492 e. The van der Waals surface area contributed by atoms with Gasteiger partial charge in [0.1, 0.15) is 18.1 Å². The second-order valence-electron chi connectivity index (χ2n) is 8.32. The number of hydrogen-bond acceptors (Lipinski definition) is 4. The summed E-state index contributed by atoms with van der Waals surface area (Å²) in [5.74, 6) is 0.997. The van der Waals surface area contributed by atoms with Crippen LogP contribution in [0.25, 0.3) is 10.9 Å². The molecule has 4 aromatic rings. The average Bonchev–Trinajstić information content (AvgIpc) is 3.30. The molecule has 0 spiro atoms. The topological polar surface area (TPSA) is 80.2 Å². The van der Waals surface area contributed by atoms with Crippen molar-refractivity contribution in [1.29, 1.82) is 0 Å². The minimum atomic E-state index is -0.249. The van der Waals surface area contributed by atoms with Gasteiger partial charge in [-0.3, -0.25) is 9.59 Å². The molecule has 2 aromatic heterocycles. The number of hydrogen-bond donors (Lipinski definition) is 1. The molecule has 1 amide bonds. The Morgan fingerprint density at radius 3 is 2.55 bits per heavy atom. The van der Waals surface area contributed by atoms with Crippen LogP contribution in [0.1, 0.15) is 34.9 Å². The summed E-state index contributed by atoms with van der Waals surface area (Å²) in [7, 11) is 0. The summed E-state index contributed by atoms with van der Waals surface area (Å²) in [6.07, 6.45) is 1.78. The minimum Gasteiger partial charge on any atom is -0.492 e. The van der Waals surface area contributed by atoms with Crippen molar-refractivity contribution in [3.8, 4) is 5.75 Å². The van der Waals surface area contributed by atoms with Crippen molar-refractivity contribution in [1.82, 2.24) is 19.7 Å². The van der Waals surface area contributed by atoms with Crippen molar-refractivity contribution in [2.75, 3.05) is 19.7 Å². The SMILES string of the molecule is O=C(c1ccc(=O)n(CCOc2ccccc2)n1)N1CCC(c2cc3ccccc3[nH]2)CC1. The Hall–Kier alpha value is -3.87. The first-order valence-electron chi connectivity index (χ1n) is 11.3. The molecule has 2 aromatic carbocycles. The highest BCUT2D eigenvalue weighted by molar-refractivity contribution is 5.92. The van der Waals surface area contributed by atoms with Crippen LogP contribution in [0.15, 0.2) is 77.6 Å². The predicted molar refractivity (Wildman–Crippen MR) is 127 cm³/mol. The van der Waals surface area contributed by atoms with Crippen molar-refractivity contribution in [3.05, 3.63) is 94.5 Å². The summed E-state index contributed by atoms with van der Waals surface area (Å²) in [5.41, 5.74) is 2.42. The summed E-state index contributed by atoms with van der Waals surface area (Å²) < 4.78 is 6.96. The van der Waals surface area contributed by atoms with Gasteiger partial charge in [-0.15, -0.1) is 0 Å². The van der Waals surface area contributed by atoms with Gasteiger partial charge in [-0.05, 0) is 48.6 Å². The molecule has 0 saturated carbocycles. The molecule has 1 fully saturated rings. The molecule has 0 bridgehead atoms. The normalized spacial score (nSPS) is 14.5. The van der Waals surface area contributed by atoms with Crippen LogP contribution in [0.4, 0.5) is 0 Å². The van der Waals surface area contributed by atoms with Crippen molar-refractivity contribution >= 4 is 16.8 Å². The van der Waals surface area contributed by atoms with Gasteiger partial charge in [-0.25, -0.2) is 4.68 Å². The molecule has 1 aliphatic rings. The molecule has 0 aliphatic carbocycles. The van der Waals surface area contributed by atoms with E-state index >= 15 is 0 Å². The van der Waals surface area contributed by atoms with Crippen molar-refractivity contribution < 1.29 is 9.53 Å². The molecule has 7 heteroatoms. The number of carbonyl (C=O) groups is 1. The Balaban J connectivity index is 1.20. The number of aromatic amines is 1. The molecule has 0 unspecified atom stereocenters. The quantitative estimate of drug-likeness (QED) is 0.492. The fourth-order valence-electron chi connectivity index (χ4n) is 4.36. The van der Waals surface area contributed by atoms with Crippen LogP contribution in [0.5, 0.6) is 5.75 Å². The third kappa shape index (κ3) is 4.67. The molecule has 3 heterocycles. The second kappa shape index (κ2) is 9.32. The van der Waals surface area contributed by atoms with E-state index in [0.717, 1.165) is 24.1 Å². The standard InChI is InChI=1S/C26H26N4O3/c31-25-11-10-23(28-30(25)16-17-33-21-7-2-1-3-8-21)26(32)29-14-12-19(13-15-29)24-18-20-6-4-5-9-22(20)27-24/h1-11,18-19,27H,12-17H2. The number of benzene rings is 2. The third-order valence-electron chi connectivity index (χ3n) is 6.17. The Morgan fingerprint density at radius 2 is 1.76 bits per heavy atom. The second-order valence-corrected chi connectivity index (χ2v) is 8.32. The monoisotopic (exact) mass is 442 g/mol. The van der Waals surface area contributed by atoms with E-state index < -0.39 is 0 Å². The molecule has 1 aliphatic heterocycles. The molecular formula is C26H26N4O3. The van der Waals surface area contributed by atoms with Gasteiger partial charge in [-0.1, -0.05) is 36.4 Å². The predicted octanol–water partition coefficient (Wildman–Crippen LogP) is 3.82. The molecule has 5 rings (SSSR count). The fourth-order valence-corrected chi connectivity index (χ4v) is 4.36. The average molecular weight is 443 g/mol. The van der Waals surface area contributed by atoms with Gasteiger partial charge in [0.15, 0.2) is 0 Å². The molecule has 1 N–H and O–H groups in total. The lowest BCUT2D eigenvalue weighted by Gasteiger charge is -2.31. The lowest BCUT2D eigenvalue weighted by atomic mass is 9.93. The zero-order chi connectivity index (χ0) is 22.6. The highest BCUT2D eigenvalue weighted by Crippen LogP contribution is 2.30. The van der Waals surface area contributed by atoms with Crippen molar-refractivity contribution in [3.63, 3.8) is 0 Å². The molecular weight excluding hydrogens is 416 g/mol. The Bertz CT molecular complexity index is 1270. The van der Waals surface area contributed by atoms with Gasteiger partial charge in [-0.2, -0.15) is 5.10 Å². The highest BCUT2D eigenvalue weighted by atomic mass is 16.5. The van der Waals surface area contributed by atoms with Gasteiger partial charge in [0.2, 0.25) is 0 Å². The molecule has 0 atom stereocenters. The first-order chi connectivity index (χ1) is 16.2. The number of H-pyrrole nitrogens is 1. The summed E-state index contributed by atoms with van der Waals surface area (Å²) in [6, 6.07) is 22.8. The number of likely N-dealkylation sites (tertiary alicyclic amines) is 1. The zero-order valence-corrected chi connectivity index (χ0v) is 18.3. The van der Waals surface area contributed by atoms with E-state index in [1.165, 1.54) is 27.9 Å². The number of rotatable bonds is 6. The fraction of sp³-hybridized carbons (Fsp3) is 0.269. The van der Waals surface area contributed by atoms with E-state index in [1.807, 2.05) is 47.4 Å². The van der Waals surface area contributed by atoms with Crippen LogP contribution in [-0.2, 0) is 6.54 Å². The summed E-state index contributed by atoms with van der Waals surface area (Å²) in [5, 5.41) is 5.53. The number of ether oxygens (including phenoxy) is 1. The smallest absolute Gasteiger partial charge is 0.274 e. The maximum Gasteiger partial charge on any atom is 0.274 e. The summed E-state index contributed by atoms with van der Waals surface area (Å²) >= 11 is 0. The maximum absolute atomic E-state index is 13.1. The lowest BCUT2D eigenvalue weighted by molar-refractivity contribution is 0.0703. The number of para-hydroxylation sites is 2. The first-order valence-corrected chi connectivity index (χ1v) is 11.3. The van der Waals surface area contributed by atoms with E-state index in [9.17, 15) is 9.59 Å². The van der Waals surface area contributed by atoms with E-state index in [4.69, 9.17) is 4.74 Å². The van der Waals surface area contributed by atoms with Gasteiger partial charge in [0.25, 0.3) is 11.5 Å². The maximum atomic E-state index is 13.1. The van der Waals surface area contributed by atoms with Crippen LogP contribution in [0.3, 0.4) is 0 Å². The van der Waals surface area contributed by atoms with Gasteiger partial charge >= 0.3 is 0 Å². The molecule has 1 saturated heterocycles. The zero-order valence-electron chi connectivity index (χ0n) is 18.3. The first kappa shape index (κ1) is 21.0. The number of amides is 1. The van der Waals surface area contributed by atoms with Crippen LogP contribution in [0, 0.1) is 0 Å². The highest BCUT2D eigenvalue weighted by Gasteiger charge is 2.26. The van der Waals surface area contributed by atoms with Gasteiger partial charge < -0.3 is 14.6 Å². The molecule has 0 radical (unpaired) electrons.